The minimum Gasteiger partial charge on any atom is -0.349 e. The Morgan fingerprint density at radius 2 is 2.09 bits per heavy atom. The summed E-state index contributed by atoms with van der Waals surface area (Å²) in [6, 6.07) is -0.539. The fourth-order valence-electron chi connectivity index (χ4n) is 3.87. The molecule has 2 amide bonds. The van der Waals surface area contributed by atoms with Crippen LogP contribution in [-0.4, -0.2) is 62.6 Å². The zero-order chi connectivity index (χ0) is 24.8. The van der Waals surface area contributed by atoms with Crippen molar-refractivity contribution < 1.29 is 26.7 Å². The molecule has 1 fully saturated rings. The maximum absolute atomic E-state index is 15.0. The molecule has 1 aliphatic heterocycles. The van der Waals surface area contributed by atoms with Gasteiger partial charge < -0.3 is 24.7 Å². The van der Waals surface area contributed by atoms with Crippen LogP contribution in [0.15, 0.2) is 35.5 Å². The first-order chi connectivity index (χ1) is 15.9. The Labute approximate surface area is 189 Å². The predicted octanol–water partition coefficient (Wildman–Crippen LogP) is 3.05. The molecule has 0 aliphatic carbocycles. The highest BCUT2D eigenvalue weighted by molar-refractivity contribution is 5.89. The van der Waals surface area contributed by atoms with Crippen molar-refractivity contribution in [3.8, 4) is 0 Å². The minimum atomic E-state index is -4.76. The van der Waals surface area contributed by atoms with Gasteiger partial charge in [-0.15, -0.1) is 0 Å². The van der Waals surface area contributed by atoms with Crippen molar-refractivity contribution in [3.05, 3.63) is 46.6 Å². The fraction of sp³-hybridized carbons (Fsp3) is 0.400. The van der Waals surface area contributed by atoms with Gasteiger partial charge >= 0.3 is 12.2 Å². The molecule has 0 bridgehead atoms. The molecule has 182 valence electrons. The smallest absolute Gasteiger partial charge is 0.349 e. The molecule has 2 N–H and O–H groups in total. The molecule has 0 saturated carbocycles. The molecule has 3 aromatic rings. The van der Waals surface area contributed by atoms with E-state index >= 15 is 8.78 Å². The molecule has 4 heterocycles. The van der Waals surface area contributed by atoms with Gasteiger partial charge in [0.15, 0.2) is 5.65 Å². The molecule has 1 atom stereocenters. The Morgan fingerprint density at radius 3 is 2.76 bits per heavy atom. The molecule has 34 heavy (non-hydrogen) atoms. The molecule has 0 unspecified atom stereocenters. The summed E-state index contributed by atoms with van der Waals surface area (Å²) in [7, 11) is 2.20. The van der Waals surface area contributed by atoms with E-state index in [0.29, 0.717) is 32.9 Å². The number of urea groups is 1. The molecule has 0 aromatic carbocycles. The van der Waals surface area contributed by atoms with Crippen molar-refractivity contribution in [2.24, 2.45) is 7.05 Å². The number of carbonyl (C=O) groups excluding carboxylic acids is 1. The average Bonchev–Trinajstić information content (AvgIpc) is 3.22. The summed E-state index contributed by atoms with van der Waals surface area (Å²) in [5.41, 5.74) is -1.70. The highest BCUT2D eigenvalue weighted by Gasteiger charge is 2.48. The summed E-state index contributed by atoms with van der Waals surface area (Å²) in [4.78, 5) is 38.2. The first kappa shape index (κ1) is 23.4. The number of carbonyl (C=O) groups is 1. The lowest BCUT2D eigenvalue weighted by Gasteiger charge is -2.42. The van der Waals surface area contributed by atoms with Crippen LogP contribution in [0.1, 0.15) is 12.0 Å². The second-order valence-electron chi connectivity index (χ2n) is 8.02. The Morgan fingerprint density at radius 1 is 1.35 bits per heavy atom. The number of aromatic nitrogens is 4. The van der Waals surface area contributed by atoms with Crippen LogP contribution < -0.4 is 15.8 Å². The predicted molar refractivity (Wildman–Crippen MR) is 113 cm³/mol. The van der Waals surface area contributed by atoms with E-state index in [1.54, 1.807) is 12.3 Å². The number of aromatic amines is 1. The maximum Gasteiger partial charge on any atom is 0.417 e. The minimum absolute atomic E-state index is 0.133. The van der Waals surface area contributed by atoms with Gasteiger partial charge in [-0.25, -0.2) is 23.5 Å². The number of aryl methyl sites for hydroxylation is 1. The number of alkyl halides is 5. The highest BCUT2D eigenvalue weighted by atomic mass is 19.4. The van der Waals surface area contributed by atoms with Gasteiger partial charge in [0.2, 0.25) is 0 Å². The van der Waals surface area contributed by atoms with E-state index in [1.807, 2.05) is 5.32 Å². The monoisotopic (exact) mass is 485 g/mol. The molecule has 4 rings (SSSR count). The molecule has 3 aromatic heterocycles. The standard InChI is InChI=1S/C20H20F5N7O2/c1-30-9-11(20(23,24)25)7-13(17(30)33)29-18(34)31(2)14-4-6-32(10-19(14,21)22)15-8-27-16-12(28-15)3-5-26-16/h3,5,7-9,14H,4,6,10H2,1-2H3,(H,26,27)(H,29,34)/t14-/m0/s1. The first-order valence-corrected chi connectivity index (χ1v) is 10.1. The van der Waals surface area contributed by atoms with Crippen LogP contribution in [0.5, 0.6) is 0 Å². The Kier molecular flexibility index (Phi) is 5.69. The summed E-state index contributed by atoms with van der Waals surface area (Å²) in [5, 5.41) is 2.04. The molecule has 14 heteroatoms. The van der Waals surface area contributed by atoms with Crippen LogP contribution in [-0.2, 0) is 13.2 Å². The second-order valence-corrected chi connectivity index (χ2v) is 8.02. The molecule has 9 nitrogen and oxygen atoms in total. The summed E-state index contributed by atoms with van der Waals surface area (Å²) in [6.07, 6.45) is -1.33. The zero-order valence-electron chi connectivity index (χ0n) is 18.0. The topological polar surface area (TPSA) is 99.1 Å². The number of halogens is 5. The van der Waals surface area contributed by atoms with E-state index < -0.39 is 47.5 Å². The lowest BCUT2D eigenvalue weighted by Crippen LogP contribution is -2.59. The van der Waals surface area contributed by atoms with Crippen molar-refractivity contribution in [1.82, 2.24) is 24.4 Å². The molecule has 0 spiro atoms. The van der Waals surface area contributed by atoms with Gasteiger partial charge in [-0.05, 0) is 18.6 Å². The number of hydrogen-bond donors (Lipinski definition) is 2. The SMILES string of the molecule is CN(C(=O)Nc1cc(C(F)(F)F)cn(C)c1=O)[C@H]1CCN(c2cnc3[nH]ccc3n2)CC1(F)F. The number of anilines is 2. The highest BCUT2D eigenvalue weighted by Crippen LogP contribution is 2.33. The van der Waals surface area contributed by atoms with E-state index in [4.69, 9.17) is 0 Å². The fourth-order valence-corrected chi connectivity index (χ4v) is 3.87. The summed E-state index contributed by atoms with van der Waals surface area (Å²) in [5.74, 6) is -3.12. The first-order valence-electron chi connectivity index (χ1n) is 10.1. The van der Waals surface area contributed by atoms with Crippen molar-refractivity contribution >= 4 is 28.7 Å². The lowest BCUT2D eigenvalue weighted by molar-refractivity contribution is -0.138. The Balaban J connectivity index is 1.50. The number of amides is 2. The number of rotatable bonds is 3. The maximum atomic E-state index is 15.0. The van der Waals surface area contributed by atoms with E-state index in [1.165, 1.54) is 11.1 Å². The van der Waals surface area contributed by atoms with Gasteiger partial charge in [-0.3, -0.25) is 4.79 Å². The summed E-state index contributed by atoms with van der Waals surface area (Å²) in [6.45, 7) is -0.612. The number of fused-ring (bicyclic) bond motifs is 1. The van der Waals surface area contributed by atoms with Crippen LogP contribution >= 0.6 is 0 Å². The van der Waals surface area contributed by atoms with Gasteiger partial charge in [0.1, 0.15) is 23.1 Å². The molecular formula is C20H20F5N7O2. The van der Waals surface area contributed by atoms with Crippen LogP contribution in [0.3, 0.4) is 0 Å². The van der Waals surface area contributed by atoms with E-state index in [-0.39, 0.29) is 18.8 Å². The largest absolute Gasteiger partial charge is 0.417 e. The van der Waals surface area contributed by atoms with Crippen LogP contribution in [0.2, 0.25) is 0 Å². The Hall–Kier alpha value is -3.71. The van der Waals surface area contributed by atoms with E-state index in [0.717, 1.165) is 14.1 Å². The normalized spacial score (nSPS) is 18.2. The number of H-pyrrole nitrogens is 1. The van der Waals surface area contributed by atoms with Crippen molar-refractivity contribution in [2.75, 3.05) is 30.4 Å². The lowest BCUT2D eigenvalue weighted by atomic mass is 9.99. The Bertz CT molecular complexity index is 1290. The summed E-state index contributed by atoms with van der Waals surface area (Å²) < 4.78 is 69.9. The van der Waals surface area contributed by atoms with Gasteiger partial charge in [-0.1, -0.05) is 0 Å². The van der Waals surface area contributed by atoms with E-state index in [9.17, 15) is 22.8 Å². The third-order valence-electron chi connectivity index (χ3n) is 5.67. The van der Waals surface area contributed by atoms with Gasteiger partial charge in [0, 0.05) is 33.0 Å². The third-order valence-corrected chi connectivity index (χ3v) is 5.67. The van der Waals surface area contributed by atoms with Crippen molar-refractivity contribution in [2.45, 2.75) is 24.6 Å². The van der Waals surface area contributed by atoms with Gasteiger partial charge in [0.05, 0.1) is 18.3 Å². The number of nitrogens with one attached hydrogen (secondary N) is 2. The molecular weight excluding hydrogens is 465 g/mol. The molecule has 1 aliphatic rings. The van der Waals surface area contributed by atoms with Crippen LogP contribution in [0.4, 0.5) is 38.3 Å². The molecule has 1 saturated heterocycles. The summed E-state index contributed by atoms with van der Waals surface area (Å²) >= 11 is 0. The number of piperidine rings is 1. The van der Waals surface area contributed by atoms with Crippen molar-refractivity contribution in [1.29, 1.82) is 0 Å². The quantitative estimate of drug-likeness (QED) is 0.556. The molecule has 0 radical (unpaired) electrons. The average molecular weight is 485 g/mol. The van der Waals surface area contributed by atoms with Crippen LogP contribution in [0.25, 0.3) is 11.2 Å². The van der Waals surface area contributed by atoms with Crippen LogP contribution in [0, 0.1) is 0 Å². The zero-order valence-corrected chi connectivity index (χ0v) is 18.0. The number of pyridine rings is 1. The van der Waals surface area contributed by atoms with E-state index in [2.05, 4.69) is 15.0 Å². The van der Waals surface area contributed by atoms with Gasteiger partial charge in [0.25, 0.3) is 11.5 Å². The van der Waals surface area contributed by atoms with Crippen molar-refractivity contribution in [3.63, 3.8) is 0 Å². The number of hydrogen-bond acceptors (Lipinski definition) is 5. The number of nitrogens with zero attached hydrogens (tertiary/aromatic N) is 5. The second kappa shape index (κ2) is 8.25. The van der Waals surface area contributed by atoms with Gasteiger partial charge in [-0.2, -0.15) is 13.2 Å². The third kappa shape index (κ3) is 4.39.